The van der Waals surface area contributed by atoms with Gasteiger partial charge in [0.05, 0.1) is 30.2 Å². The predicted octanol–water partition coefficient (Wildman–Crippen LogP) is 6.17. The van der Waals surface area contributed by atoms with Crippen LogP contribution in [0, 0.1) is 20.8 Å². The highest BCUT2D eigenvalue weighted by atomic mass is 35.5. The van der Waals surface area contributed by atoms with Gasteiger partial charge in [0.25, 0.3) is 0 Å². The van der Waals surface area contributed by atoms with Gasteiger partial charge < -0.3 is 24.6 Å². The van der Waals surface area contributed by atoms with E-state index in [2.05, 4.69) is 50.8 Å². The molecule has 3 aromatic carbocycles. The summed E-state index contributed by atoms with van der Waals surface area (Å²) in [6.07, 6.45) is 0.750. The Hall–Kier alpha value is -5.28. The summed E-state index contributed by atoms with van der Waals surface area (Å²) < 4.78 is 15.3. The summed E-state index contributed by atoms with van der Waals surface area (Å²) in [5.74, 6) is 2.22. The Morgan fingerprint density at radius 2 is 1.72 bits per heavy atom. The van der Waals surface area contributed by atoms with Crippen LogP contribution >= 0.6 is 22.9 Å². The molecule has 0 aliphatic carbocycles. The van der Waals surface area contributed by atoms with Crippen LogP contribution < -0.4 is 10.4 Å². The van der Waals surface area contributed by atoms with E-state index < -0.39 is 5.69 Å². The zero-order valence-corrected chi connectivity index (χ0v) is 31.3. The number of hydrogen-bond donors (Lipinski definition) is 3. The van der Waals surface area contributed by atoms with Crippen molar-refractivity contribution in [3.05, 3.63) is 115 Å². The maximum Gasteiger partial charge on any atom is 0.348 e. The van der Waals surface area contributed by atoms with Crippen LogP contribution in [0.2, 0.25) is 5.02 Å². The molecule has 13 nitrogen and oxygen atoms in total. The molecule has 6 aromatic rings. The van der Waals surface area contributed by atoms with E-state index in [1.54, 1.807) is 35.6 Å². The molecule has 0 radical (unpaired) electrons. The van der Waals surface area contributed by atoms with Crippen LogP contribution in [0.3, 0.4) is 0 Å². The normalized spacial score (nSPS) is 13.8. The number of aromatic nitrogens is 6. The van der Waals surface area contributed by atoms with Crippen molar-refractivity contribution in [1.82, 2.24) is 34.4 Å². The highest BCUT2D eigenvalue weighted by Crippen LogP contribution is 2.39. The third kappa shape index (κ3) is 7.49. The van der Waals surface area contributed by atoms with Crippen molar-refractivity contribution in [2.75, 3.05) is 40.0 Å². The van der Waals surface area contributed by atoms with Crippen LogP contribution in [0.25, 0.3) is 22.1 Å². The van der Waals surface area contributed by atoms with Gasteiger partial charge in [0, 0.05) is 40.2 Å². The van der Waals surface area contributed by atoms with Crippen LogP contribution in [0.5, 0.6) is 17.2 Å². The molecule has 0 fully saturated rings. The number of rotatable bonds is 13. The fourth-order valence-electron chi connectivity index (χ4n) is 6.30. The van der Waals surface area contributed by atoms with Gasteiger partial charge in [0.1, 0.15) is 40.7 Å². The maximum atomic E-state index is 12.6. The number of thiophene rings is 1. The number of aliphatic imine (C=N–C) groups is 1. The first-order chi connectivity index (χ1) is 25.6. The zero-order valence-electron chi connectivity index (χ0n) is 29.7. The monoisotopic (exact) mass is 754 g/mol. The number of fused-ring (bicyclic) bond motifs is 3. The second kappa shape index (κ2) is 15.4. The number of hydrogen-bond acceptors (Lipinski definition) is 11. The third-order valence-electron chi connectivity index (χ3n) is 9.24. The second-order valence-corrected chi connectivity index (χ2v) is 14.5. The van der Waals surface area contributed by atoms with Gasteiger partial charge in [-0.3, -0.25) is 9.56 Å². The Kier molecular flexibility index (Phi) is 10.5. The number of phenolic OH excluding ortho intramolecular Hbond substituents is 2. The molecule has 7 rings (SSSR count). The summed E-state index contributed by atoms with van der Waals surface area (Å²) in [7, 11) is 2.07. The van der Waals surface area contributed by atoms with Crippen molar-refractivity contribution in [1.29, 1.82) is 0 Å². The molecule has 1 aliphatic heterocycles. The number of benzene rings is 3. The fraction of sp³-hybridized carbons (Fsp3) is 0.289. The summed E-state index contributed by atoms with van der Waals surface area (Å²) in [5, 5.41) is 37.3. The number of likely N-dealkylation sites (N-methyl/N-ethyl adjacent to an activating group) is 1. The summed E-state index contributed by atoms with van der Waals surface area (Å²) in [4.78, 5) is 21.4. The summed E-state index contributed by atoms with van der Waals surface area (Å²) in [6.45, 7) is 9.08. The number of aryl methyl sites for hydroxylation is 2. The van der Waals surface area contributed by atoms with E-state index >= 15 is 0 Å². The summed E-state index contributed by atoms with van der Waals surface area (Å²) in [5.41, 5.74) is 4.66. The number of nitrogens with one attached hydrogen (secondary N) is 1. The minimum atomic E-state index is -0.468. The molecular formula is C38H39ClN8O5S. The zero-order chi connectivity index (χ0) is 37.2. The molecule has 3 N–H and O–H groups in total. The standard InChI is InChI=1S/C38H39ClN8O5S/c1-22-23(2)53-37-33(22)34(25-5-7-26(39)8-6-25)40-31(36-43-41-24(3)46(36)37)15-16-45(4)17-18-51-19-20-52-29-12-9-27(10-13-29)47-35(42-44-38(47)50)30-14-11-28(48)21-32(30)49/h5-14,21,31,48-49H,15-20H2,1-4H3,(H,44,50)/t31-/m0/s1. The average molecular weight is 755 g/mol. The summed E-state index contributed by atoms with van der Waals surface area (Å²) in [6, 6.07) is 18.7. The Morgan fingerprint density at radius 3 is 2.47 bits per heavy atom. The van der Waals surface area contributed by atoms with Crippen LogP contribution in [0.15, 0.2) is 76.5 Å². The van der Waals surface area contributed by atoms with Gasteiger partial charge in [-0.2, -0.15) is 5.10 Å². The smallest absolute Gasteiger partial charge is 0.348 e. The number of H-pyrrole nitrogens is 1. The number of nitrogens with zero attached hydrogens (tertiary/aromatic N) is 7. The van der Waals surface area contributed by atoms with Gasteiger partial charge in [-0.05, 0) is 88.3 Å². The lowest BCUT2D eigenvalue weighted by Gasteiger charge is -2.19. The predicted molar refractivity (Wildman–Crippen MR) is 205 cm³/mol. The SMILES string of the molecule is Cc1sc2c(c1C)C(c1ccc(Cl)cc1)=N[C@@H](CCN(C)CCOCCOc1ccc(-n3c(-c4ccc(O)cc4O)n[nH]c3=O)cc1)c1nnc(C)n1-2. The molecule has 53 heavy (non-hydrogen) atoms. The van der Waals surface area contributed by atoms with Crippen molar-refractivity contribution in [3.8, 4) is 39.3 Å². The lowest BCUT2D eigenvalue weighted by Crippen LogP contribution is -2.26. The van der Waals surface area contributed by atoms with Crippen LogP contribution in [0.4, 0.5) is 0 Å². The Bertz CT molecular complexity index is 2330. The molecule has 0 bridgehead atoms. The first-order valence-electron chi connectivity index (χ1n) is 17.1. The molecule has 1 aliphatic rings. The lowest BCUT2D eigenvalue weighted by atomic mass is 9.99. The van der Waals surface area contributed by atoms with E-state index in [0.29, 0.717) is 41.8 Å². The Labute approximate surface area is 314 Å². The van der Waals surface area contributed by atoms with Crippen molar-refractivity contribution >= 4 is 28.6 Å². The minimum Gasteiger partial charge on any atom is -0.508 e. The van der Waals surface area contributed by atoms with E-state index in [4.69, 9.17) is 26.1 Å². The van der Waals surface area contributed by atoms with Crippen LogP contribution in [0.1, 0.15) is 45.7 Å². The van der Waals surface area contributed by atoms with Crippen molar-refractivity contribution in [2.45, 2.75) is 33.2 Å². The topological polar surface area (TPSA) is 156 Å². The fourth-order valence-corrected chi connectivity index (χ4v) is 7.64. The molecule has 0 spiro atoms. The van der Waals surface area contributed by atoms with E-state index in [9.17, 15) is 15.0 Å². The van der Waals surface area contributed by atoms with Crippen molar-refractivity contribution in [2.24, 2.45) is 4.99 Å². The molecule has 0 saturated carbocycles. The van der Waals surface area contributed by atoms with E-state index in [1.165, 1.54) is 33.2 Å². The number of ether oxygens (including phenoxy) is 2. The molecule has 4 heterocycles. The van der Waals surface area contributed by atoms with Crippen LogP contribution in [-0.4, -0.2) is 90.3 Å². The van der Waals surface area contributed by atoms with Gasteiger partial charge in [-0.15, -0.1) is 21.5 Å². The molecule has 0 unspecified atom stereocenters. The summed E-state index contributed by atoms with van der Waals surface area (Å²) >= 11 is 8.00. The number of halogens is 1. The minimum absolute atomic E-state index is 0.0943. The third-order valence-corrected chi connectivity index (χ3v) is 10.7. The average Bonchev–Trinajstić information content (AvgIpc) is 3.77. The van der Waals surface area contributed by atoms with E-state index in [0.717, 1.165) is 53.0 Å². The quantitative estimate of drug-likeness (QED) is 0.117. The molecule has 0 amide bonds. The molecule has 3 aromatic heterocycles. The van der Waals surface area contributed by atoms with Gasteiger partial charge in [-0.1, -0.05) is 23.7 Å². The second-order valence-electron chi connectivity index (χ2n) is 12.8. The molecule has 0 saturated heterocycles. The maximum absolute atomic E-state index is 12.6. The first kappa shape index (κ1) is 36.1. The first-order valence-corrected chi connectivity index (χ1v) is 18.3. The van der Waals surface area contributed by atoms with Crippen molar-refractivity contribution < 1.29 is 19.7 Å². The van der Waals surface area contributed by atoms with Crippen molar-refractivity contribution in [3.63, 3.8) is 0 Å². The highest BCUT2D eigenvalue weighted by molar-refractivity contribution is 7.15. The van der Waals surface area contributed by atoms with Gasteiger partial charge >= 0.3 is 5.69 Å². The van der Waals surface area contributed by atoms with Gasteiger partial charge in [0.15, 0.2) is 11.6 Å². The lowest BCUT2D eigenvalue weighted by molar-refractivity contribution is 0.0843. The molecule has 1 atom stereocenters. The number of phenols is 2. The van der Waals surface area contributed by atoms with E-state index in [-0.39, 0.29) is 23.4 Å². The van der Waals surface area contributed by atoms with Gasteiger partial charge in [0.2, 0.25) is 0 Å². The molecule has 274 valence electrons. The molecule has 15 heteroatoms. The largest absolute Gasteiger partial charge is 0.508 e. The van der Waals surface area contributed by atoms with E-state index in [1.807, 2.05) is 31.2 Å². The Balaban J connectivity index is 0.925. The van der Waals surface area contributed by atoms with Crippen LogP contribution in [-0.2, 0) is 4.74 Å². The number of aromatic amines is 1. The van der Waals surface area contributed by atoms with Gasteiger partial charge in [-0.25, -0.2) is 14.5 Å². The highest BCUT2D eigenvalue weighted by Gasteiger charge is 2.31. The number of aromatic hydroxyl groups is 2. The Morgan fingerprint density at radius 1 is 0.943 bits per heavy atom. The molecular weight excluding hydrogens is 716 g/mol.